The Morgan fingerprint density at radius 2 is 2.14 bits per heavy atom. The lowest BCUT2D eigenvalue weighted by molar-refractivity contribution is 0.429. The number of furan rings is 1. The van der Waals surface area contributed by atoms with Gasteiger partial charge in [-0.05, 0) is 48.0 Å². The zero-order valence-electron chi connectivity index (χ0n) is 12.2. The summed E-state index contributed by atoms with van der Waals surface area (Å²) in [6.45, 7) is 1.68. The minimum atomic E-state index is -2.90. The summed E-state index contributed by atoms with van der Waals surface area (Å²) in [5.74, 6) is 1.27. The monoisotopic (exact) mass is 373 g/mol. The van der Waals surface area contributed by atoms with Gasteiger partial charge in [-0.1, -0.05) is 19.1 Å². The first kappa shape index (κ1) is 16.5. The Morgan fingerprint density at radius 3 is 2.76 bits per heavy atom. The van der Waals surface area contributed by atoms with Crippen molar-refractivity contribution in [3.8, 4) is 0 Å². The topological polar surface area (TPSA) is 59.3 Å². The number of benzene rings is 1. The Morgan fingerprint density at radius 1 is 1.38 bits per heavy atom. The molecule has 0 radical (unpaired) electrons. The van der Waals surface area contributed by atoms with Crippen molar-refractivity contribution in [2.75, 3.05) is 18.6 Å². The fraction of sp³-hybridized carbons (Fsp3) is 0.467. The molecule has 0 aliphatic carbocycles. The SMILES string of the molecule is CCS(=O)(=O)CCCC(NC)c1cc2cccc(Br)c2o1. The summed E-state index contributed by atoms with van der Waals surface area (Å²) in [6.07, 6.45) is 1.35. The van der Waals surface area contributed by atoms with Crippen LogP contribution in [0, 0.1) is 0 Å². The van der Waals surface area contributed by atoms with Crippen LogP contribution < -0.4 is 5.32 Å². The number of halogens is 1. The second kappa shape index (κ2) is 6.94. The van der Waals surface area contributed by atoms with Crippen LogP contribution >= 0.6 is 15.9 Å². The van der Waals surface area contributed by atoms with E-state index in [1.807, 2.05) is 31.3 Å². The molecule has 1 atom stereocenters. The Balaban J connectivity index is 2.11. The zero-order valence-corrected chi connectivity index (χ0v) is 14.6. The molecule has 1 heterocycles. The molecule has 0 fully saturated rings. The van der Waals surface area contributed by atoms with E-state index in [9.17, 15) is 8.42 Å². The lowest BCUT2D eigenvalue weighted by Crippen LogP contribution is -2.17. The fourth-order valence-corrected chi connectivity index (χ4v) is 3.66. The molecule has 6 heteroatoms. The van der Waals surface area contributed by atoms with Crippen LogP contribution in [0.4, 0.5) is 0 Å². The van der Waals surface area contributed by atoms with Gasteiger partial charge in [0, 0.05) is 11.1 Å². The van der Waals surface area contributed by atoms with Gasteiger partial charge in [-0.15, -0.1) is 0 Å². The lowest BCUT2D eigenvalue weighted by Gasteiger charge is -2.13. The molecule has 1 aromatic carbocycles. The van der Waals surface area contributed by atoms with Crippen molar-refractivity contribution in [2.24, 2.45) is 0 Å². The van der Waals surface area contributed by atoms with Crippen molar-refractivity contribution >= 4 is 36.7 Å². The Hall–Kier alpha value is -0.850. The van der Waals surface area contributed by atoms with Gasteiger partial charge in [-0.25, -0.2) is 8.42 Å². The van der Waals surface area contributed by atoms with Gasteiger partial charge in [0.2, 0.25) is 0 Å². The molecule has 0 aliphatic rings. The number of sulfone groups is 1. The highest BCUT2D eigenvalue weighted by Gasteiger charge is 2.17. The summed E-state index contributed by atoms with van der Waals surface area (Å²) in [7, 11) is -1.04. The predicted octanol–water partition coefficient (Wildman–Crippen LogP) is 3.67. The summed E-state index contributed by atoms with van der Waals surface area (Å²) in [6, 6.07) is 7.94. The van der Waals surface area contributed by atoms with E-state index in [1.54, 1.807) is 6.92 Å². The number of hydrogen-bond donors (Lipinski definition) is 1. The lowest BCUT2D eigenvalue weighted by atomic mass is 10.1. The second-order valence-corrected chi connectivity index (χ2v) is 8.35. The smallest absolute Gasteiger partial charge is 0.150 e. The van der Waals surface area contributed by atoms with Crippen LogP contribution in [-0.2, 0) is 9.84 Å². The van der Waals surface area contributed by atoms with Gasteiger partial charge in [0.1, 0.15) is 21.2 Å². The van der Waals surface area contributed by atoms with Gasteiger partial charge in [0.25, 0.3) is 0 Å². The maximum atomic E-state index is 11.5. The van der Waals surface area contributed by atoms with Gasteiger partial charge in [0.05, 0.1) is 16.3 Å². The third-order valence-electron chi connectivity index (χ3n) is 3.59. The maximum absolute atomic E-state index is 11.5. The molecule has 21 heavy (non-hydrogen) atoms. The second-order valence-electron chi connectivity index (χ2n) is 5.03. The van der Waals surface area contributed by atoms with Crippen molar-refractivity contribution in [1.82, 2.24) is 5.32 Å². The van der Waals surface area contributed by atoms with E-state index in [-0.39, 0.29) is 17.5 Å². The number of nitrogens with one attached hydrogen (secondary N) is 1. The van der Waals surface area contributed by atoms with Gasteiger partial charge in [-0.2, -0.15) is 0 Å². The first-order valence-corrected chi connectivity index (χ1v) is 9.64. The van der Waals surface area contributed by atoms with Crippen LogP contribution in [-0.4, -0.2) is 27.0 Å². The molecule has 1 N–H and O–H groups in total. The number of fused-ring (bicyclic) bond motifs is 1. The molecule has 0 saturated carbocycles. The van der Waals surface area contributed by atoms with Crippen LogP contribution in [0.1, 0.15) is 31.6 Å². The molecule has 4 nitrogen and oxygen atoms in total. The number of rotatable bonds is 7. The fourth-order valence-electron chi connectivity index (χ4n) is 2.30. The van der Waals surface area contributed by atoms with Gasteiger partial charge >= 0.3 is 0 Å². The van der Waals surface area contributed by atoms with E-state index in [1.165, 1.54) is 0 Å². The van der Waals surface area contributed by atoms with Gasteiger partial charge < -0.3 is 9.73 Å². The molecule has 0 saturated heterocycles. The predicted molar refractivity (Wildman–Crippen MR) is 89.3 cm³/mol. The third-order valence-corrected chi connectivity index (χ3v) is 6.01. The van der Waals surface area contributed by atoms with Gasteiger partial charge in [-0.3, -0.25) is 0 Å². The Labute approximate surface area is 134 Å². The minimum Gasteiger partial charge on any atom is -0.458 e. The van der Waals surface area contributed by atoms with E-state index >= 15 is 0 Å². The average Bonchev–Trinajstić information content (AvgIpc) is 2.89. The molecule has 1 aromatic heterocycles. The molecular weight excluding hydrogens is 354 g/mol. The standard InChI is InChI=1S/C15H20BrNO3S/c1-3-21(18,19)9-5-8-13(17-2)14-10-11-6-4-7-12(16)15(11)20-14/h4,6-7,10,13,17H,3,5,8-9H2,1-2H3. The molecule has 0 spiro atoms. The largest absolute Gasteiger partial charge is 0.458 e. The highest BCUT2D eigenvalue weighted by atomic mass is 79.9. The molecule has 2 rings (SSSR count). The Kier molecular flexibility index (Phi) is 5.46. The van der Waals surface area contributed by atoms with E-state index in [0.29, 0.717) is 6.42 Å². The molecule has 0 amide bonds. The summed E-state index contributed by atoms with van der Waals surface area (Å²) >= 11 is 3.48. The van der Waals surface area contributed by atoms with Crippen molar-refractivity contribution < 1.29 is 12.8 Å². The molecule has 1 unspecified atom stereocenters. The van der Waals surface area contributed by atoms with E-state index in [2.05, 4.69) is 21.2 Å². The first-order chi connectivity index (χ1) is 9.96. The zero-order chi connectivity index (χ0) is 15.5. The van der Waals surface area contributed by atoms with E-state index < -0.39 is 9.84 Å². The van der Waals surface area contributed by atoms with Crippen molar-refractivity contribution in [3.05, 3.63) is 34.5 Å². The summed E-state index contributed by atoms with van der Waals surface area (Å²) < 4.78 is 29.9. The van der Waals surface area contributed by atoms with Crippen LogP contribution in [0.25, 0.3) is 11.0 Å². The molecule has 116 valence electrons. The highest BCUT2D eigenvalue weighted by Crippen LogP contribution is 2.31. The molecule has 0 aliphatic heterocycles. The van der Waals surface area contributed by atoms with Gasteiger partial charge in [0.15, 0.2) is 0 Å². The van der Waals surface area contributed by atoms with Crippen LogP contribution in [0.15, 0.2) is 33.2 Å². The minimum absolute atomic E-state index is 0.0244. The first-order valence-electron chi connectivity index (χ1n) is 7.02. The maximum Gasteiger partial charge on any atom is 0.150 e. The molecule has 2 aromatic rings. The summed E-state index contributed by atoms with van der Waals surface area (Å²) in [5.41, 5.74) is 0.828. The molecule has 0 bridgehead atoms. The summed E-state index contributed by atoms with van der Waals surface area (Å²) in [4.78, 5) is 0. The highest BCUT2D eigenvalue weighted by molar-refractivity contribution is 9.10. The van der Waals surface area contributed by atoms with Crippen molar-refractivity contribution in [3.63, 3.8) is 0 Å². The van der Waals surface area contributed by atoms with Crippen molar-refractivity contribution in [1.29, 1.82) is 0 Å². The number of para-hydroxylation sites is 1. The quantitative estimate of drug-likeness (QED) is 0.804. The normalized spacial score (nSPS) is 13.7. The average molecular weight is 374 g/mol. The Bertz CT molecular complexity index is 709. The van der Waals surface area contributed by atoms with Crippen LogP contribution in [0.5, 0.6) is 0 Å². The van der Waals surface area contributed by atoms with Crippen molar-refractivity contribution in [2.45, 2.75) is 25.8 Å². The number of hydrogen-bond acceptors (Lipinski definition) is 4. The van der Waals surface area contributed by atoms with E-state index in [0.717, 1.165) is 27.6 Å². The van der Waals surface area contributed by atoms with Crippen LogP contribution in [0.3, 0.4) is 0 Å². The summed E-state index contributed by atoms with van der Waals surface area (Å²) in [5, 5.41) is 4.24. The molecular formula is C15H20BrNO3S. The third kappa shape index (κ3) is 4.08. The van der Waals surface area contributed by atoms with E-state index in [4.69, 9.17) is 4.42 Å². The van der Waals surface area contributed by atoms with Crippen LogP contribution in [0.2, 0.25) is 0 Å².